The first-order valence-electron chi connectivity index (χ1n) is 9.23. The molecule has 0 bridgehead atoms. The van der Waals surface area contributed by atoms with Crippen molar-refractivity contribution in [1.82, 2.24) is 10.6 Å². The molecule has 0 aliphatic rings. The Balaban J connectivity index is 2.15. The van der Waals surface area contributed by atoms with Crippen molar-refractivity contribution in [2.45, 2.75) is 38.8 Å². The Hall–Kier alpha value is -3.22. The number of hydrogen-bond acceptors (Lipinski definition) is 4. The number of benzene rings is 2. The zero-order valence-corrected chi connectivity index (χ0v) is 16.7. The van der Waals surface area contributed by atoms with Crippen molar-refractivity contribution in [3.8, 4) is 0 Å². The lowest BCUT2D eigenvalue weighted by molar-refractivity contribution is -0.145. The van der Waals surface area contributed by atoms with Crippen LogP contribution in [0.25, 0.3) is 0 Å². The molecule has 2 amide bonds. The molecule has 7 heteroatoms. The van der Waals surface area contributed by atoms with E-state index in [1.807, 2.05) is 31.2 Å². The van der Waals surface area contributed by atoms with Crippen molar-refractivity contribution in [2.24, 2.45) is 0 Å². The molecule has 0 aliphatic heterocycles. The zero-order chi connectivity index (χ0) is 21.4. The molecular weight excluding hydrogens is 375 g/mol. The first kappa shape index (κ1) is 22.1. The normalized spacial score (nSPS) is 12.6. The summed E-state index contributed by atoms with van der Waals surface area (Å²) in [5, 5.41) is 5.25. The van der Waals surface area contributed by atoms with Gasteiger partial charge in [-0.3, -0.25) is 9.59 Å². The van der Waals surface area contributed by atoms with Crippen molar-refractivity contribution in [2.75, 3.05) is 7.11 Å². The summed E-state index contributed by atoms with van der Waals surface area (Å²) in [6.07, 6.45) is 0.409. The summed E-state index contributed by atoms with van der Waals surface area (Å²) in [5.41, 5.74) is 2.62. The fourth-order valence-electron chi connectivity index (χ4n) is 2.88. The maximum absolute atomic E-state index is 13.1. The lowest BCUT2D eigenvalue weighted by Crippen LogP contribution is -2.53. The Morgan fingerprint density at radius 1 is 0.897 bits per heavy atom. The van der Waals surface area contributed by atoms with Crippen LogP contribution in [0.5, 0.6) is 0 Å². The van der Waals surface area contributed by atoms with E-state index < -0.39 is 29.8 Å². The molecule has 6 nitrogen and oxygen atoms in total. The van der Waals surface area contributed by atoms with E-state index >= 15 is 0 Å². The minimum absolute atomic E-state index is 0.157. The number of rotatable bonds is 8. The van der Waals surface area contributed by atoms with E-state index in [0.717, 1.165) is 11.1 Å². The van der Waals surface area contributed by atoms with Crippen LogP contribution in [0.3, 0.4) is 0 Å². The zero-order valence-electron chi connectivity index (χ0n) is 16.7. The first-order valence-corrected chi connectivity index (χ1v) is 9.23. The minimum atomic E-state index is -0.914. The molecule has 2 aromatic rings. The van der Waals surface area contributed by atoms with E-state index in [2.05, 4.69) is 10.6 Å². The van der Waals surface area contributed by atoms with Gasteiger partial charge in [0.15, 0.2) is 0 Å². The Morgan fingerprint density at radius 2 is 1.41 bits per heavy atom. The average Bonchev–Trinajstić information content (AvgIpc) is 2.69. The van der Waals surface area contributed by atoms with E-state index in [-0.39, 0.29) is 18.7 Å². The van der Waals surface area contributed by atoms with Gasteiger partial charge in [-0.1, -0.05) is 42.0 Å². The molecule has 2 atom stereocenters. The molecular formula is C22H25FN2O4. The molecule has 2 rings (SSSR count). The minimum Gasteiger partial charge on any atom is -0.467 e. The van der Waals surface area contributed by atoms with Crippen LogP contribution in [-0.2, 0) is 32.0 Å². The second-order valence-electron chi connectivity index (χ2n) is 6.86. The number of carbonyl (C=O) groups is 3. The highest BCUT2D eigenvalue weighted by atomic mass is 19.1. The van der Waals surface area contributed by atoms with Gasteiger partial charge in [0, 0.05) is 19.8 Å². The predicted molar refractivity (Wildman–Crippen MR) is 107 cm³/mol. The Kier molecular flexibility index (Phi) is 7.88. The summed E-state index contributed by atoms with van der Waals surface area (Å²) in [6.45, 7) is 3.26. The molecule has 0 saturated heterocycles. The number of carbonyl (C=O) groups excluding carboxylic acids is 3. The number of hydrogen-bond donors (Lipinski definition) is 2. The smallest absolute Gasteiger partial charge is 0.328 e. The van der Waals surface area contributed by atoms with E-state index in [1.54, 1.807) is 12.1 Å². The van der Waals surface area contributed by atoms with E-state index in [9.17, 15) is 18.8 Å². The summed E-state index contributed by atoms with van der Waals surface area (Å²) in [5.74, 6) is -1.88. The molecule has 0 aromatic heterocycles. The average molecular weight is 400 g/mol. The van der Waals surface area contributed by atoms with Crippen molar-refractivity contribution in [1.29, 1.82) is 0 Å². The molecule has 154 valence electrons. The summed E-state index contributed by atoms with van der Waals surface area (Å²) >= 11 is 0. The molecule has 0 aliphatic carbocycles. The van der Waals surface area contributed by atoms with Gasteiger partial charge in [0.1, 0.15) is 17.9 Å². The van der Waals surface area contributed by atoms with Gasteiger partial charge in [-0.15, -0.1) is 0 Å². The third kappa shape index (κ3) is 7.03. The monoisotopic (exact) mass is 400 g/mol. The summed E-state index contributed by atoms with van der Waals surface area (Å²) in [4.78, 5) is 36.6. The Morgan fingerprint density at radius 3 is 1.93 bits per heavy atom. The molecule has 0 unspecified atom stereocenters. The van der Waals surface area contributed by atoms with E-state index in [1.165, 1.54) is 26.2 Å². The number of ether oxygens (including phenoxy) is 1. The summed E-state index contributed by atoms with van der Waals surface area (Å²) in [6, 6.07) is 11.4. The fraction of sp³-hybridized carbons (Fsp3) is 0.318. The van der Waals surface area contributed by atoms with Crippen LogP contribution in [0.2, 0.25) is 0 Å². The molecule has 0 saturated carbocycles. The second kappa shape index (κ2) is 10.4. The molecule has 2 N–H and O–H groups in total. The van der Waals surface area contributed by atoms with Gasteiger partial charge in [-0.05, 0) is 30.2 Å². The fourth-order valence-corrected chi connectivity index (χ4v) is 2.88. The van der Waals surface area contributed by atoms with Gasteiger partial charge in [0.05, 0.1) is 7.11 Å². The first-order chi connectivity index (χ1) is 13.8. The van der Waals surface area contributed by atoms with Crippen LogP contribution in [0.1, 0.15) is 23.6 Å². The number of methoxy groups -OCH3 is 1. The van der Waals surface area contributed by atoms with Gasteiger partial charge in [-0.2, -0.15) is 0 Å². The predicted octanol–water partition coefficient (Wildman–Crippen LogP) is 2.08. The van der Waals surface area contributed by atoms with Crippen LogP contribution in [-0.4, -0.2) is 37.0 Å². The number of aryl methyl sites for hydroxylation is 1. The standard InChI is InChI=1S/C22H25FN2O4/c1-14-4-6-16(7-5-14)13-20(22(28)29-3)25-21(27)19(24-15(2)26)12-17-8-10-18(23)11-9-17/h4-11,19-20H,12-13H2,1-3H3,(H,24,26)(H,25,27)/t19-,20+/m1/s1. The molecule has 0 fully saturated rings. The number of halogens is 1. The Bertz CT molecular complexity index is 850. The Labute approximate surface area is 169 Å². The van der Waals surface area contributed by atoms with Crippen molar-refractivity contribution >= 4 is 17.8 Å². The maximum Gasteiger partial charge on any atom is 0.328 e. The SMILES string of the molecule is COC(=O)[C@H](Cc1ccc(C)cc1)NC(=O)[C@@H](Cc1ccc(F)cc1)NC(C)=O. The number of nitrogens with one attached hydrogen (secondary N) is 2. The van der Waals surface area contributed by atoms with Crippen LogP contribution in [0.15, 0.2) is 48.5 Å². The third-order valence-corrected chi connectivity index (χ3v) is 4.41. The van der Waals surface area contributed by atoms with E-state index in [0.29, 0.717) is 5.56 Å². The molecule has 2 aromatic carbocycles. The molecule has 29 heavy (non-hydrogen) atoms. The van der Waals surface area contributed by atoms with Crippen LogP contribution in [0.4, 0.5) is 4.39 Å². The highest BCUT2D eigenvalue weighted by Gasteiger charge is 2.27. The number of esters is 1. The van der Waals surface area contributed by atoms with Crippen molar-refractivity contribution in [3.63, 3.8) is 0 Å². The largest absolute Gasteiger partial charge is 0.467 e. The molecule has 0 spiro atoms. The van der Waals surface area contributed by atoms with Crippen molar-refractivity contribution < 1.29 is 23.5 Å². The maximum atomic E-state index is 13.1. The lowest BCUT2D eigenvalue weighted by Gasteiger charge is -2.22. The van der Waals surface area contributed by atoms with Gasteiger partial charge in [0.25, 0.3) is 0 Å². The van der Waals surface area contributed by atoms with Gasteiger partial charge in [-0.25, -0.2) is 9.18 Å². The summed E-state index contributed by atoms with van der Waals surface area (Å²) < 4.78 is 17.9. The van der Waals surface area contributed by atoms with Crippen LogP contribution >= 0.6 is 0 Å². The molecule has 0 heterocycles. The van der Waals surface area contributed by atoms with E-state index in [4.69, 9.17) is 4.74 Å². The summed E-state index contributed by atoms with van der Waals surface area (Å²) in [7, 11) is 1.25. The molecule has 0 radical (unpaired) electrons. The second-order valence-corrected chi connectivity index (χ2v) is 6.86. The third-order valence-electron chi connectivity index (χ3n) is 4.41. The highest BCUT2D eigenvalue weighted by Crippen LogP contribution is 2.10. The van der Waals surface area contributed by atoms with Crippen LogP contribution in [0, 0.1) is 12.7 Å². The highest BCUT2D eigenvalue weighted by molar-refractivity contribution is 5.90. The number of amides is 2. The van der Waals surface area contributed by atoms with Gasteiger partial charge < -0.3 is 15.4 Å². The van der Waals surface area contributed by atoms with Crippen molar-refractivity contribution in [3.05, 3.63) is 71.0 Å². The van der Waals surface area contributed by atoms with Gasteiger partial charge >= 0.3 is 5.97 Å². The van der Waals surface area contributed by atoms with Crippen LogP contribution < -0.4 is 10.6 Å². The lowest BCUT2D eigenvalue weighted by atomic mass is 10.0. The topological polar surface area (TPSA) is 84.5 Å². The quantitative estimate of drug-likeness (QED) is 0.665. The van der Waals surface area contributed by atoms with Gasteiger partial charge in [0.2, 0.25) is 11.8 Å².